The van der Waals surface area contributed by atoms with Crippen molar-refractivity contribution in [2.75, 3.05) is 19.0 Å². The molecule has 0 bridgehead atoms. The minimum atomic E-state index is -0.392. The van der Waals surface area contributed by atoms with Crippen LogP contribution >= 0.6 is 23.2 Å². The van der Waals surface area contributed by atoms with Crippen molar-refractivity contribution in [3.05, 3.63) is 64.3 Å². The molecule has 0 atom stereocenters. The lowest BCUT2D eigenvalue weighted by atomic mass is 10.1. The van der Waals surface area contributed by atoms with Crippen LogP contribution in [0.15, 0.2) is 52.9 Å². The SMILES string of the molecule is COc1ccc(-c2ccc(CO)o2)cc1NC(=O)COc1ccc(Cl)cc1Cl. The smallest absolute Gasteiger partial charge is 0.262 e. The van der Waals surface area contributed by atoms with Crippen molar-refractivity contribution in [1.29, 1.82) is 0 Å². The third-order valence-corrected chi connectivity index (χ3v) is 4.36. The lowest BCUT2D eigenvalue weighted by Gasteiger charge is -2.12. The van der Waals surface area contributed by atoms with Gasteiger partial charge in [-0.25, -0.2) is 0 Å². The molecule has 1 amide bonds. The van der Waals surface area contributed by atoms with Crippen LogP contribution in [0, 0.1) is 0 Å². The fourth-order valence-corrected chi connectivity index (χ4v) is 2.96. The normalized spacial score (nSPS) is 10.6. The summed E-state index contributed by atoms with van der Waals surface area (Å²) < 4.78 is 16.3. The highest BCUT2D eigenvalue weighted by Gasteiger charge is 2.13. The lowest BCUT2D eigenvalue weighted by molar-refractivity contribution is -0.118. The minimum absolute atomic E-state index is 0.190. The molecule has 2 N–H and O–H groups in total. The highest BCUT2D eigenvalue weighted by Crippen LogP contribution is 2.32. The van der Waals surface area contributed by atoms with E-state index in [4.69, 9.17) is 42.2 Å². The van der Waals surface area contributed by atoms with Crippen molar-refractivity contribution in [2.24, 2.45) is 0 Å². The fourth-order valence-electron chi connectivity index (χ4n) is 2.50. The number of carbonyl (C=O) groups is 1. The van der Waals surface area contributed by atoms with Gasteiger partial charge in [0.05, 0.1) is 17.8 Å². The van der Waals surface area contributed by atoms with E-state index in [1.165, 1.54) is 13.2 Å². The van der Waals surface area contributed by atoms with E-state index < -0.39 is 5.91 Å². The summed E-state index contributed by atoms with van der Waals surface area (Å²) in [6, 6.07) is 13.4. The molecule has 1 aromatic heterocycles. The Bertz CT molecular complexity index is 986. The number of rotatable bonds is 7. The molecule has 28 heavy (non-hydrogen) atoms. The van der Waals surface area contributed by atoms with E-state index in [-0.39, 0.29) is 13.2 Å². The van der Waals surface area contributed by atoms with Gasteiger partial charge in [-0.2, -0.15) is 0 Å². The number of amides is 1. The number of anilines is 1. The van der Waals surface area contributed by atoms with E-state index >= 15 is 0 Å². The first-order chi connectivity index (χ1) is 13.5. The third-order valence-electron chi connectivity index (χ3n) is 3.83. The summed E-state index contributed by atoms with van der Waals surface area (Å²) in [6.07, 6.45) is 0. The Kier molecular flexibility index (Phi) is 6.46. The van der Waals surface area contributed by atoms with Crippen molar-refractivity contribution in [2.45, 2.75) is 6.61 Å². The average molecular weight is 422 g/mol. The molecule has 8 heteroatoms. The number of ether oxygens (including phenoxy) is 2. The molecule has 0 spiro atoms. The van der Waals surface area contributed by atoms with Crippen LogP contribution in [0.25, 0.3) is 11.3 Å². The molecular formula is C20H17Cl2NO5. The number of nitrogens with one attached hydrogen (secondary N) is 1. The van der Waals surface area contributed by atoms with E-state index in [0.29, 0.717) is 38.8 Å². The zero-order valence-corrected chi connectivity index (χ0v) is 16.4. The van der Waals surface area contributed by atoms with Gasteiger partial charge in [0.2, 0.25) is 0 Å². The maximum absolute atomic E-state index is 12.3. The molecule has 0 saturated carbocycles. The molecule has 2 aromatic carbocycles. The van der Waals surface area contributed by atoms with E-state index in [9.17, 15) is 4.79 Å². The van der Waals surface area contributed by atoms with Gasteiger partial charge in [0.1, 0.15) is 29.6 Å². The number of aliphatic hydroxyl groups excluding tert-OH is 1. The molecule has 0 radical (unpaired) electrons. The highest BCUT2D eigenvalue weighted by atomic mass is 35.5. The fraction of sp³-hybridized carbons (Fsp3) is 0.150. The van der Waals surface area contributed by atoms with Crippen LogP contribution in [0.1, 0.15) is 5.76 Å². The predicted molar refractivity (Wildman–Crippen MR) is 107 cm³/mol. The number of hydrogen-bond donors (Lipinski definition) is 2. The molecule has 0 saturated heterocycles. The molecule has 3 aromatic rings. The summed E-state index contributed by atoms with van der Waals surface area (Å²) >= 11 is 11.9. The Hall–Kier alpha value is -2.67. The third kappa shape index (κ3) is 4.78. The van der Waals surface area contributed by atoms with Crippen molar-refractivity contribution >= 4 is 34.8 Å². The number of hydrogen-bond acceptors (Lipinski definition) is 5. The number of furan rings is 1. The van der Waals surface area contributed by atoms with Crippen LogP contribution < -0.4 is 14.8 Å². The lowest BCUT2D eigenvalue weighted by Crippen LogP contribution is -2.20. The zero-order chi connectivity index (χ0) is 20.1. The topological polar surface area (TPSA) is 80.9 Å². The zero-order valence-electron chi connectivity index (χ0n) is 14.9. The van der Waals surface area contributed by atoms with Gasteiger partial charge in [-0.3, -0.25) is 4.79 Å². The molecule has 1 heterocycles. The van der Waals surface area contributed by atoms with Gasteiger partial charge < -0.3 is 24.3 Å². The number of halogens is 2. The van der Waals surface area contributed by atoms with Crippen molar-refractivity contribution in [3.63, 3.8) is 0 Å². The van der Waals surface area contributed by atoms with Crippen molar-refractivity contribution < 1.29 is 23.8 Å². The van der Waals surface area contributed by atoms with Crippen LogP contribution in [0.2, 0.25) is 10.0 Å². The second kappa shape index (κ2) is 9.01. The summed E-state index contributed by atoms with van der Waals surface area (Å²) in [5.74, 6) is 1.46. The van der Waals surface area contributed by atoms with E-state index in [2.05, 4.69) is 5.32 Å². The molecule has 3 rings (SSSR count). The predicted octanol–water partition coefficient (Wildman–Crippen LogP) is 4.77. The number of aliphatic hydroxyl groups is 1. The molecule has 6 nitrogen and oxygen atoms in total. The molecule has 0 fully saturated rings. The summed E-state index contributed by atoms with van der Waals surface area (Å²) in [6.45, 7) is -0.436. The Balaban J connectivity index is 1.72. The first kappa shape index (κ1) is 20.1. The van der Waals surface area contributed by atoms with Gasteiger partial charge in [0.15, 0.2) is 6.61 Å². The van der Waals surface area contributed by atoms with E-state index in [0.717, 1.165) is 5.56 Å². The van der Waals surface area contributed by atoms with Gasteiger partial charge in [-0.1, -0.05) is 23.2 Å². The summed E-state index contributed by atoms with van der Waals surface area (Å²) in [4.78, 5) is 12.3. The van der Waals surface area contributed by atoms with Gasteiger partial charge in [0, 0.05) is 10.6 Å². The largest absolute Gasteiger partial charge is 0.495 e. The molecular weight excluding hydrogens is 405 g/mol. The second-order valence-corrected chi connectivity index (χ2v) is 6.59. The summed E-state index contributed by atoms with van der Waals surface area (Å²) in [5.41, 5.74) is 1.18. The maximum atomic E-state index is 12.3. The number of carbonyl (C=O) groups excluding carboxylic acids is 1. The van der Waals surface area contributed by atoms with Crippen LogP contribution in [0.3, 0.4) is 0 Å². The Morgan fingerprint density at radius 1 is 1.11 bits per heavy atom. The van der Waals surface area contributed by atoms with E-state index in [1.54, 1.807) is 42.5 Å². The van der Waals surface area contributed by atoms with Crippen LogP contribution in [-0.4, -0.2) is 24.7 Å². The Morgan fingerprint density at radius 2 is 1.89 bits per heavy atom. The average Bonchev–Trinajstić information content (AvgIpc) is 3.16. The molecule has 0 unspecified atom stereocenters. The van der Waals surface area contributed by atoms with Gasteiger partial charge in [-0.15, -0.1) is 0 Å². The Morgan fingerprint density at radius 3 is 2.57 bits per heavy atom. The first-order valence-electron chi connectivity index (χ1n) is 8.26. The maximum Gasteiger partial charge on any atom is 0.262 e. The van der Waals surface area contributed by atoms with Crippen molar-refractivity contribution in [1.82, 2.24) is 0 Å². The van der Waals surface area contributed by atoms with Gasteiger partial charge in [0.25, 0.3) is 5.91 Å². The van der Waals surface area contributed by atoms with E-state index in [1.807, 2.05) is 0 Å². The first-order valence-corrected chi connectivity index (χ1v) is 9.01. The Labute approximate surface area is 171 Å². The molecule has 0 aliphatic rings. The van der Waals surface area contributed by atoms with Crippen LogP contribution in [0.4, 0.5) is 5.69 Å². The number of methoxy groups -OCH3 is 1. The quantitative estimate of drug-likeness (QED) is 0.573. The highest BCUT2D eigenvalue weighted by molar-refractivity contribution is 6.35. The van der Waals surface area contributed by atoms with Gasteiger partial charge in [-0.05, 0) is 48.5 Å². The van der Waals surface area contributed by atoms with Crippen LogP contribution in [-0.2, 0) is 11.4 Å². The second-order valence-electron chi connectivity index (χ2n) is 5.75. The van der Waals surface area contributed by atoms with Crippen molar-refractivity contribution in [3.8, 4) is 22.8 Å². The molecule has 146 valence electrons. The standard InChI is InChI=1S/C20H17Cl2NO5/c1-26-19-5-2-12(17-7-4-14(10-24)28-17)8-16(19)23-20(25)11-27-18-6-3-13(21)9-15(18)22/h2-9,24H,10-11H2,1H3,(H,23,25). The number of benzene rings is 2. The summed E-state index contributed by atoms with van der Waals surface area (Å²) in [5, 5.41) is 12.7. The monoisotopic (exact) mass is 421 g/mol. The summed E-state index contributed by atoms with van der Waals surface area (Å²) in [7, 11) is 1.51. The molecule has 0 aliphatic carbocycles. The molecule has 0 aliphatic heterocycles. The van der Waals surface area contributed by atoms with Crippen LogP contribution in [0.5, 0.6) is 11.5 Å². The van der Waals surface area contributed by atoms with Gasteiger partial charge >= 0.3 is 0 Å². The minimum Gasteiger partial charge on any atom is -0.495 e.